The maximum atomic E-state index is 11.8. The van der Waals surface area contributed by atoms with E-state index in [1.165, 1.54) is 0 Å². The van der Waals surface area contributed by atoms with Gasteiger partial charge >= 0.3 is 0 Å². The molecule has 1 N–H and O–H groups in total. The van der Waals surface area contributed by atoms with Crippen molar-refractivity contribution in [2.24, 2.45) is 0 Å². The Morgan fingerprint density at radius 3 is 2.76 bits per heavy atom. The zero-order chi connectivity index (χ0) is 12.3. The lowest BCUT2D eigenvalue weighted by Crippen LogP contribution is -2.18. The van der Waals surface area contributed by atoms with Crippen LogP contribution < -0.4 is 5.32 Å². The molecule has 2 nitrogen and oxygen atoms in total. The summed E-state index contributed by atoms with van der Waals surface area (Å²) in [5.41, 5.74) is 3.14. The standard InChI is InChI=1S/C15H17NO/c1-3-7-13-11(2)14(10-15(13)17)16-12-8-5-4-6-9-12/h3-6,8-9,14,16H,1,7,10H2,2H3. The summed E-state index contributed by atoms with van der Waals surface area (Å²) in [6.45, 7) is 5.73. The van der Waals surface area contributed by atoms with Crippen LogP contribution in [0.2, 0.25) is 0 Å². The number of carbonyl (C=O) groups is 1. The molecule has 0 fully saturated rings. The molecule has 1 atom stereocenters. The van der Waals surface area contributed by atoms with Gasteiger partial charge < -0.3 is 5.32 Å². The fraction of sp³-hybridized carbons (Fsp3) is 0.267. The molecule has 1 unspecified atom stereocenters. The SMILES string of the molecule is C=CCC1=C(C)C(Nc2ccccc2)CC1=O. The number of hydrogen-bond acceptors (Lipinski definition) is 2. The summed E-state index contributed by atoms with van der Waals surface area (Å²) in [5, 5.41) is 3.40. The predicted octanol–water partition coefficient (Wildman–Crippen LogP) is 3.33. The molecule has 1 aromatic carbocycles. The smallest absolute Gasteiger partial charge is 0.161 e. The molecule has 0 heterocycles. The molecular formula is C15H17NO. The molecule has 0 spiro atoms. The Morgan fingerprint density at radius 2 is 2.12 bits per heavy atom. The molecule has 17 heavy (non-hydrogen) atoms. The second kappa shape index (κ2) is 5.00. The number of benzene rings is 1. The van der Waals surface area contributed by atoms with Crippen molar-refractivity contribution in [2.45, 2.75) is 25.8 Å². The van der Waals surface area contributed by atoms with Crippen molar-refractivity contribution in [3.63, 3.8) is 0 Å². The van der Waals surface area contributed by atoms with Gasteiger partial charge in [0.1, 0.15) is 0 Å². The minimum Gasteiger partial charge on any atom is -0.378 e. The Bertz CT molecular complexity index is 459. The van der Waals surface area contributed by atoms with Gasteiger partial charge in [-0.1, -0.05) is 24.3 Å². The van der Waals surface area contributed by atoms with Crippen molar-refractivity contribution in [1.29, 1.82) is 0 Å². The van der Waals surface area contributed by atoms with Crippen molar-refractivity contribution in [3.05, 3.63) is 54.1 Å². The number of anilines is 1. The Kier molecular flexibility index (Phi) is 3.43. The molecule has 0 amide bonds. The molecule has 1 aliphatic carbocycles. The van der Waals surface area contributed by atoms with E-state index < -0.39 is 0 Å². The van der Waals surface area contributed by atoms with Gasteiger partial charge in [-0.05, 0) is 36.6 Å². The number of carbonyl (C=O) groups excluding carboxylic acids is 1. The van der Waals surface area contributed by atoms with Crippen molar-refractivity contribution in [3.8, 4) is 0 Å². The predicted molar refractivity (Wildman–Crippen MR) is 71.0 cm³/mol. The summed E-state index contributed by atoms with van der Waals surface area (Å²) in [4.78, 5) is 11.8. The first kappa shape index (κ1) is 11.6. The lowest BCUT2D eigenvalue weighted by molar-refractivity contribution is -0.115. The van der Waals surface area contributed by atoms with E-state index in [2.05, 4.69) is 11.9 Å². The van der Waals surface area contributed by atoms with Gasteiger partial charge in [-0.2, -0.15) is 0 Å². The van der Waals surface area contributed by atoms with Crippen LogP contribution in [0.1, 0.15) is 19.8 Å². The van der Waals surface area contributed by atoms with Crippen LogP contribution in [0.5, 0.6) is 0 Å². The van der Waals surface area contributed by atoms with Gasteiger partial charge in [0.15, 0.2) is 5.78 Å². The third-order valence-corrected chi connectivity index (χ3v) is 3.19. The average Bonchev–Trinajstić information content (AvgIpc) is 2.59. The first-order valence-electron chi connectivity index (χ1n) is 5.87. The Labute approximate surface area is 102 Å². The largest absolute Gasteiger partial charge is 0.378 e. The van der Waals surface area contributed by atoms with Gasteiger partial charge in [-0.3, -0.25) is 4.79 Å². The maximum Gasteiger partial charge on any atom is 0.161 e. The number of allylic oxidation sites excluding steroid dienone is 2. The third-order valence-electron chi connectivity index (χ3n) is 3.19. The molecule has 0 bridgehead atoms. The quantitative estimate of drug-likeness (QED) is 0.799. The maximum absolute atomic E-state index is 11.8. The minimum absolute atomic E-state index is 0.139. The highest BCUT2D eigenvalue weighted by atomic mass is 16.1. The zero-order valence-electron chi connectivity index (χ0n) is 10.1. The van der Waals surface area contributed by atoms with Crippen molar-refractivity contribution in [1.82, 2.24) is 0 Å². The van der Waals surface area contributed by atoms with Crippen LogP contribution in [0.4, 0.5) is 5.69 Å². The van der Waals surface area contributed by atoms with Gasteiger partial charge in [0.2, 0.25) is 0 Å². The van der Waals surface area contributed by atoms with E-state index in [4.69, 9.17) is 0 Å². The van der Waals surface area contributed by atoms with E-state index >= 15 is 0 Å². The molecule has 0 saturated carbocycles. The van der Waals surface area contributed by atoms with Crippen LogP contribution in [-0.4, -0.2) is 11.8 Å². The summed E-state index contributed by atoms with van der Waals surface area (Å²) in [5.74, 6) is 0.246. The Balaban J connectivity index is 2.14. The fourth-order valence-electron chi connectivity index (χ4n) is 2.21. The molecule has 0 radical (unpaired) electrons. The first-order chi connectivity index (χ1) is 8.22. The van der Waals surface area contributed by atoms with E-state index in [1.807, 2.05) is 37.3 Å². The van der Waals surface area contributed by atoms with E-state index in [-0.39, 0.29) is 11.8 Å². The average molecular weight is 227 g/mol. The summed E-state index contributed by atoms with van der Waals surface area (Å²) < 4.78 is 0. The topological polar surface area (TPSA) is 29.1 Å². The summed E-state index contributed by atoms with van der Waals surface area (Å²) in [7, 11) is 0. The molecule has 1 aromatic rings. The molecular weight excluding hydrogens is 210 g/mol. The number of hydrogen-bond donors (Lipinski definition) is 1. The van der Waals surface area contributed by atoms with E-state index in [9.17, 15) is 4.79 Å². The van der Waals surface area contributed by atoms with Crippen LogP contribution in [0.15, 0.2) is 54.1 Å². The number of ketones is 1. The van der Waals surface area contributed by atoms with Crippen molar-refractivity contribution in [2.75, 3.05) is 5.32 Å². The molecule has 88 valence electrons. The lowest BCUT2D eigenvalue weighted by Gasteiger charge is -2.15. The highest BCUT2D eigenvalue weighted by Crippen LogP contribution is 2.28. The highest BCUT2D eigenvalue weighted by molar-refractivity contribution is 6.00. The molecule has 2 rings (SSSR count). The second-order valence-corrected chi connectivity index (χ2v) is 4.34. The Morgan fingerprint density at radius 1 is 1.41 bits per heavy atom. The van der Waals surface area contributed by atoms with Crippen LogP contribution in [0, 0.1) is 0 Å². The van der Waals surface area contributed by atoms with E-state index in [0.717, 1.165) is 16.8 Å². The lowest BCUT2D eigenvalue weighted by atomic mass is 10.1. The van der Waals surface area contributed by atoms with Gasteiger partial charge in [0.05, 0.1) is 6.04 Å². The normalized spacial score (nSPS) is 19.6. The van der Waals surface area contributed by atoms with Gasteiger partial charge in [0.25, 0.3) is 0 Å². The van der Waals surface area contributed by atoms with Crippen molar-refractivity contribution >= 4 is 11.5 Å². The van der Waals surface area contributed by atoms with Gasteiger partial charge in [0, 0.05) is 12.1 Å². The highest BCUT2D eigenvalue weighted by Gasteiger charge is 2.28. The molecule has 1 aliphatic rings. The third kappa shape index (κ3) is 2.47. The van der Waals surface area contributed by atoms with E-state index in [0.29, 0.717) is 12.8 Å². The summed E-state index contributed by atoms with van der Waals surface area (Å²) in [6, 6.07) is 10.1. The van der Waals surface area contributed by atoms with Crippen LogP contribution in [0.3, 0.4) is 0 Å². The molecule has 0 aromatic heterocycles. The van der Waals surface area contributed by atoms with Crippen LogP contribution >= 0.6 is 0 Å². The molecule has 2 heteroatoms. The Hall–Kier alpha value is -1.83. The van der Waals surface area contributed by atoms with Crippen LogP contribution in [-0.2, 0) is 4.79 Å². The number of nitrogens with one attached hydrogen (secondary N) is 1. The minimum atomic E-state index is 0.139. The zero-order valence-corrected chi connectivity index (χ0v) is 10.1. The van der Waals surface area contributed by atoms with Gasteiger partial charge in [-0.25, -0.2) is 0 Å². The van der Waals surface area contributed by atoms with Crippen molar-refractivity contribution < 1.29 is 4.79 Å². The summed E-state index contributed by atoms with van der Waals surface area (Å²) in [6.07, 6.45) is 3.03. The second-order valence-electron chi connectivity index (χ2n) is 4.34. The van der Waals surface area contributed by atoms with Gasteiger partial charge in [-0.15, -0.1) is 6.58 Å². The number of rotatable bonds is 4. The van der Waals surface area contributed by atoms with Crippen LogP contribution in [0.25, 0.3) is 0 Å². The number of Topliss-reactive ketones (excluding diaryl/α,β-unsaturated/α-hetero) is 1. The first-order valence-corrected chi connectivity index (χ1v) is 5.87. The monoisotopic (exact) mass is 227 g/mol. The molecule has 0 aliphatic heterocycles. The van der Waals surface area contributed by atoms with E-state index in [1.54, 1.807) is 6.08 Å². The fourth-order valence-corrected chi connectivity index (χ4v) is 2.21. The molecule has 0 saturated heterocycles. The summed E-state index contributed by atoms with van der Waals surface area (Å²) >= 11 is 0. The number of para-hydroxylation sites is 1.